The summed E-state index contributed by atoms with van der Waals surface area (Å²) < 4.78 is 21.8. The number of hydrogen-bond acceptors (Lipinski definition) is 4. The minimum Gasteiger partial charge on any atom is -0.397 e. The molecule has 102 valence electrons. The van der Waals surface area contributed by atoms with Crippen LogP contribution in [0.1, 0.15) is 33.1 Å². The minimum absolute atomic E-state index is 0.391. The Morgan fingerprint density at radius 3 is 2.41 bits per heavy atom. The zero-order chi connectivity index (χ0) is 12.3. The lowest BCUT2D eigenvalue weighted by molar-refractivity contribution is 0.113. The Bertz CT molecular complexity index is 170. The van der Waals surface area contributed by atoms with Gasteiger partial charge in [0.25, 0.3) is 0 Å². The molecule has 0 aliphatic carbocycles. The summed E-state index contributed by atoms with van der Waals surface area (Å²) in [7, 11) is -1.36. The molecule has 1 aliphatic heterocycles. The highest BCUT2D eigenvalue weighted by atomic mass is 28.3. The first kappa shape index (κ1) is 15.1. The van der Waals surface area contributed by atoms with Crippen molar-refractivity contribution >= 4 is 9.28 Å². The molecule has 5 heteroatoms. The van der Waals surface area contributed by atoms with E-state index in [2.05, 4.69) is 0 Å². The summed E-state index contributed by atoms with van der Waals surface area (Å²) in [5, 5.41) is 0. The van der Waals surface area contributed by atoms with Gasteiger partial charge < -0.3 is 18.3 Å². The smallest absolute Gasteiger partial charge is 0.321 e. The number of hydrogen-bond donors (Lipinski definition) is 0. The minimum atomic E-state index is -1.36. The van der Waals surface area contributed by atoms with Crippen LogP contribution in [-0.4, -0.2) is 48.4 Å². The number of unbranched alkanes of at least 4 members (excludes halogenated alkanes) is 2. The molecule has 1 unspecified atom stereocenters. The third-order valence-electron chi connectivity index (χ3n) is 2.64. The fourth-order valence-electron chi connectivity index (χ4n) is 1.66. The molecule has 0 radical (unpaired) electrons. The molecular formula is C12H26O4Si. The monoisotopic (exact) mass is 262 g/mol. The van der Waals surface area contributed by atoms with Crippen molar-refractivity contribution in [2.24, 2.45) is 0 Å². The summed E-state index contributed by atoms with van der Waals surface area (Å²) in [6, 6.07) is 1.12. The number of epoxide rings is 1. The van der Waals surface area contributed by atoms with Crippen molar-refractivity contribution in [2.75, 3.05) is 33.0 Å². The quantitative estimate of drug-likeness (QED) is 0.306. The maximum absolute atomic E-state index is 5.62. The van der Waals surface area contributed by atoms with E-state index in [0.29, 0.717) is 6.10 Å². The zero-order valence-corrected chi connectivity index (χ0v) is 12.3. The van der Waals surface area contributed by atoms with Crippen molar-refractivity contribution < 1.29 is 18.3 Å². The lowest BCUT2D eigenvalue weighted by Gasteiger charge is -2.14. The third kappa shape index (κ3) is 8.74. The van der Waals surface area contributed by atoms with E-state index in [0.717, 1.165) is 45.5 Å². The summed E-state index contributed by atoms with van der Waals surface area (Å²) in [6.45, 7) is 8.14. The van der Waals surface area contributed by atoms with Gasteiger partial charge in [0.05, 0.1) is 13.2 Å². The van der Waals surface area contributed by atoms with Gasteiger partial charge in [0.1, 0.15) is 6.10 Å². The Kier molecular flexibility index (Phi) is 8.91. The molecule has 0 bridgehead atoms. The maximum atomic E-state index is 5.62. The Morgan fingerprint density at radius 1 is 1.12 bits per heavy atom. The second-order valence-electron chi connectivity index (χ2n) is 4.22. The fraction of sp³-hybridized carbons (Fsp3) is 1.00. The van der Waals surface area contributed by atoms with Gasteiger partial charge in [0.2, 0.25) is 0 Å². The zero-order valence-electron chi connectivity index (χ0n) is 11.2. The van der Waals surface area contributed by atoms with Gasteiger partial charge >= 0.3 is 9.28 Å². The van der Waals surface area contributed by atoms with Crippen molar-refractivity contribution in [3.63, 3.8) is 0 Å². The Balaban J connectivity index is 1.82. The molecule has 4 nitrogen and oxygen atoms in total. The lowest BCUT2D eigenvalue weighted by atomic mass is 10.3. The fourth-order valence-corrected chi connectivity index (χ4v) is 3.45. The predicted molar refractivity (Wildman–Crippen MR) is 69.6 cm³/mol. The molecular weight excluding hydrogens is 236 g/mol. The molecule has 0 N–H and O–H groups in total. The van der Waals surface area contributed by atoms with Crippen molar-refractivity contribution in [1.29, 1.82) is 0 Å². The van der Waals surface area contributed by atoms with E-state index >= 15 is 0 Å². The summed E-state index contributed by atoms with van der Waals surface area (Å²) in [6.07, 6.45) is 3.92. The number of ether oxygens (including phenoxy) is 2. The topological polar surface area (TPSA) is 40.2 Å². The van der Waals surface area contributed by atoms with Gasteiger partial charge in [-0.3, -0.25) is 0 Å². The van der Waals surface area contributed by atoms with Crippen LogP contribution in [0.3, 0.4) is 0 Å². The van der Waals surface area contributed by atoms with Crippen molar-refractivity contribution in [3.8, 4) is 0 Å². The second kappa shape index (κ2) is 10.0. The van der Waals surface area contributed by atoms with Gasteiger partial charge in [-0.15, -0.1) is 0 Å². The molecule has 0 aromatic heterocycles. The highest BCUT2D eigenvalue weighted by molar-refractivity contribution is 6.44. The van der Waals surface area contributed by atoms with Crippen LogP contribution in [0.25, 0.3) is 0 Å². The van der Waals surface area contributed by atoms with Crippen molar-refractivity contribution in [1.82, 2.24) is 0 Å². The third-order valence-corrected chi connectivity index (χ3v) is 4.93. The van der Waals surface area contributed by atoms with Crippen LogP contribution in [0.2, 0.25) is 6.04 Å². The molecule has 1 saturated heterocycles. The molecule has 0 spiro atoms. The van der Waals surface area contributed by atoms with Gasteiger partial charge in [-0.05, 0) is 26.3 Å². The Morgan fingerprint density at radius 2 is 1.82 bits per heavy atom. The molecule has 1 rings (SSSR count). The Labute approximate surface area is 106 Å². The van der Waals surface area contributed by atoms with Crippen molar-refractivity contribution in [2.45, 2.75) is 45.3 Å². The highest BCUT2D eigenvalue weighted by Crippen LogP contribution is 2.10. The first-order chi connectivity index (χ1) is 8.36. The van der Waals surface area contributed by atoms with E-state index in [1.165, 1.54) is 12.8 Å². The molecule has 1 atom stereocenters. The van der Waals surface area contributed by atoms with Gasteiger partial charge in [-0.2, -0.15) is 0 Å². The van der Waals surface area contributed by atoms with Crippen LogP contribution in [0.5, 0.6) is 0 Å². The second-order valence-corrected chi connectivity index (χ2v) is 6.32. The van der Waals surface area contributed by atoms with E-state index in [9.17, 15) is 0 Å². The molecule has 0 aromatic carbocycles. The molecule has 0 amide bonds. The molecule has 1 fully saturated rings. The van der Waals surface area contributed by atoms with Gasteiger partial charge in [-0.1, -0.05) is 12.8 Å². The summed E-state index contributed by atoms with van der Waals surface area (Å²) >= 11 is 0. The van der Waals surface area contributed by atoms with Gasteiger partial charge in [0, 0.05) is 19.8 Å². The summed E-state index contributed by atoms with van der Waals surface area (Å²) in [5.41, 5.74) is 0. The molecule has 1 heterocycles. The average Bonchev–Trinajstić information content (AvgIpc) is 3.12. The predicted octanol–water partition coefficient (Wildman–Crippen LogP) is 1.87. The standard InChI is InChI=1S/C12H26O4Si/c1-3-15-17(16-4-2)9-7-5-6-8-13-10-12-11-14-12/h12,17H,3-11H2,1-2H3. The maximum Gasteiger partial charge on any atom is 0.321 e. The van der Waals surface area contributed by atoms with Crippen LogP contribution in [0, 0.1) is 0 Å². The first-order valence-corrected chi connectivity index (χ1v) is 8.55. The summed E-state index contributed by atoms with van der Waals surface area (Å²) in [5.74, 6) is 0. The molecule has 0 saturated carbocycles. The molecule has 0 aromatic rings. The van der Waals surface area contributed by atoms with Crippen LogP contribution < -0.4 is 0 Å². The average molecular weight is 262 g/mol. The van der Waals surface area contributed by atoms with Crippen LogP contribution in [0.15, 0.2) is 0 Å². The van der Waals surface area contributed by atoms with E-state index in [-0.39, 0.29) is 0 Å². The Hall–Kier alpha value is 0.0569. The normalized spacial score (nSPS) is 18.9. The van der Waals surface area contributed by atoms with Gasteiger partial charge in [-0.25, -0.2) is 0 Å². The van der Waals surface area contributed by atoms with Gasteiger partial charge in [0.15, 0.2) is 0 Å². The largest absolute Gasteiger partial charge is 0.397 e. The summed E-state index contributed by atoms with van der Waals surface area (Å²) in [4.78, 5) is 0. The van der Waals surface area contributed by atoms with Crippen LogP contribution >= 0.6 is 0 Å². The van der Waals surface area contributed by atoms with E-state index in [1.54, 1.807) is 0 Å². The number of rotatable bonds is 12. The molecule has 17 heavy (non-hydrogen) atoms. The van der Waals surface area contributed by atoms with Crippen molar-refractivity contribution in [3.05, 3.63) is 0 Å². The van der Waals surface area contributed by atoms with E-state index in [4.69, 9.17) is 18.3 Å². The first-order valence-electron chi connectivity index (χ1n) is 6.79. The SMILES string of the molecule is CCO[SiH](CCCCCOCC1CO1)OCC. The lowest BCUT2D eigenvalue weighted by Crippen LogP contribution is -2.22. The van der Waals surface area contributed by atoms with Crippen LogP contribution in [0.4, 0.5) is 0 Å². The van der Waals surface area contributed by atoms with E-state index < -0.39 is 9.28 Å². The van der Waals surface area contributed by atoms with Crippen LogP contribution in [-0.2, 0) is 18.3 Å². The van der Waals surface area contributed by atoms with E-state index in [1.807, 2.05) is 13.8 Å². The highest BCUT2D eigenvalue weighted by Gasteiger charge is 2.21. The molecule has 1 aliphatic rings.